The Kier molecular flexibility index (Phi) is 5.61. The van der Waals surface area contributed by atoms with Gasteiger partial charge in [0.2, 0.25) is 0 Å². The van der Waals surface area contributed by atoms with Crippen molar-refractivity contribution in [2.45, 2.75) is 18.1 Å². The van der Waals surface area contributed by atoms with Gasteiger partial charge in [-0.1, -0.05) is 66.4 Å². The summed E-state index contributed by atoms with van der Waals surface area (Å²) in [6.07, 6.45) is 0.377. The third-order valence-electron chi connectivity index (χ3n) is 3.23. The van der Waals surface area contributed by atoms with Gasteiger partial charge in [0.15, 0.2) is 0 Å². The third kappa shape index (κ3) is 4.63. The fraction of sp³-hybridized carbons (Fsp3) is 0.176. The SMILES string of the molecule is NC(=O)SC(CC(=O)O)Cc1ccccc1-c1ccccc1. The van der Waals surface area contributed by atoms with Gasteiger partial charge in [0, 0.05) is 5.25 Å². The molecule has 2 rings (SSSR count). The van der Waals surface area contributed by atoms with Crippen molar-refractivity contribution in [2.24, 2.45) is 5.73 Å². The zero-order valence-corrected chi connectivity index (χ0v) is 12.8. The van der Waals surface area contributed by atoms with E-state index < -0.39 is 11.2 Å². The molecule has 3 N–H and O–H groups in total. The number of thioether (sulfide) groups is 1. The number of primary amides is 1. The van der Waals surface area contributed by atoms with Crippen LogP contribution in [0.15, 0.2) is 54.6 Å². The minimum Gasteiger partial charge on any atom is -0.481 e. The van der Waals surface area contributed by atoms with E-state index in [4.69, 9.17) is 10.8 Å². The first kappa shape index (κ1) is 16.1. The second-order valence-electron chi connectivity index (χ2n) is 4.88. The number of hydrogen-bond acceptors (Lipinski definition) is 3. The Morgan fingerprint density at radius 1 is 1.05 bits per heavy atom. The van der Waals surface area contributed by atoms with Gasteiger partial charge >= 0.3 is 5.97 Å². The molecule has 0 saturated carbocycles. The molecule has 4 nitrogen and oxygen atoms in total. The van der Waals surface area contributed by atoms with E-state index in [1.165, 1.54) is 0 Å². The summed E-state index contributed by atoms with van der Waals surface area (Å²) < 4.78 is 0. The maximum absolute atomic E-state index is 11.1. The highest BCUT2D eigenvalue weighted by Gasteiger charge is 2.19. The highest BCUT2D eigenvalue weighted by molar-refractivity contribution is 8.14. The van der Waals surface area contributed by atoms with Crippen LogP contribution in [-0.4, -0.2) is 21.6 Å². The fourth-order valence-corrected chi connectivity index (χ4v) is 3.17. The van der Waals surface area contributed by atoms with E-state index in [1.54, 1.807) is 0 Å². The maximum atomic E-state index is 11.1. The molecule has 0 spiro atoms. The van der Waals surface area contributed by atoms with Gasteiger partial charge in [-0.2, -0.15) is 0 Å². The Hall–Kier alpha value is -2.27. The zero-order valence-electron chi connectivity index (χ0n) is 11.9. The topological polar surface area (TPSA) is 80.4 Å². The summed E-state index contributed by atoms with van der Waals surface area (Å²) in [5.41, 5.74) is 8.32. The Balaban J connectivity index is 2.27. The first-order valence-corrected chi connectivity index (χ1v) is 7.75. The number of nitrogens with two attached hydrogens (primary N) is 1. The summed E-state index contributed by atoms with van der Waals surface area (Å²) >= 11 is 0.885. The van der Waals surface area contributed by atoms with Crippen LogP contribution in [0.5, 0.6) is 0 Å². The number of hydrogen-bond donors (Lipinski definition) is 2. The fourth-order valence-electron chi connectivity index (χ4n) is 2.36. The maximum Gasteiger partial charge on any atom is 0.304 e. The minimum absolute atomic E-state index is 0.100. The molecule has 0 radical (unpaired) electrons. The standard InChI is InChI=1S/C17H17NO3S/c18-17(21)22-14(11-16(19)20)10-13-8-4-5-9-15(13)12-6-2-1-3-7-12/h1-9,14H,10-11H2,(H2,18,21)(H,19,20). The van der Waals surface area contributed by atoms with Crippen molar-refractivity contribution in [3.63, 3.8) is 0 Å². The normalized spacial score (nSPS) is 11.8. The van der Waals surface area contributed by atoms with Gasteiger partial charge in [-0.05, 0) is 23.1 Å². The number of amides is 1. The van der Waals surface area contributed by atoms with Crippen molar-refractivity contribution in [3.05, 3.63) is 60.2 Å². The summed E-state index contributed by atoms with van der Waals surface area (Å²) in [5.74, 6) is -0.934. The summed E-state index contributed by atoms with van der Waals surface area (Å²) in [5, 5.41) is 8.07. The lowest BCUT2D eigenvalue weighted by molar-refractivity contribution is -0.136. The molecule has 114 valence electrons. The number of rotatable bonds is 6. The zero-order chi connectivity index (χ0) is 15.9. The predicted octanol–water partition coefficient (Wildman–Crippen LogP) is 3.55. The molecule has 0 fully saturated rings. The van der Waals surface area contributed by atoms with Gasteiger partial charge in [-0.15, -0.1) is 0 Å². The molecular weight excluding hydrogens is 298 g/mol. The smallest absolute Gasteiger partial charge is 0.304 e. The lowest BCUT2D eigenvalue weighted by Crippen LogP contribution is -2.18. The molecule has 0 aliphatic carbocycles. The van der Waals surface area contributed by atoms with Gasteiger partial charge in [-0.3, -0.25) is 9.59 Å². The minimum atomic E-state index is -0.934. The highest BCUT2D eigenvalue weighted by Crippen LogP contribution is 2.28. The summed E-state index contributed by atoms with van der Waals surface area (Å²) in [6.45, 7) is 0. The van der Waals surface area contributed by atoms with Crippen molar-refractivity contribution in [2.75, 3.05) is 0 Å². The molecule has 22 heavy (non-hydrogen) atoms. The molecule has 0 aromatic heterocycles. The molecule has 5 heteroatoms. The average molecular weight is 315 g/mol. The van der Waals surface area contributed by atoms with Crippen molar-refractivity contribution in [1.82, 2.24) is 0 Å². The Labute approximate surface area is 133 Å². The Morgan fingerprint density at radius 2 is 1.68 bits per heavy atom. The number of carbonyl (C=O) groups is 2. The van der Waals surface area contributed by atoms with E-state index >= 15 is 0 Å². The van der Waals surface area contributed by atoms with Crippen molar-refractivity contribution in [1.29, 1.82) is 0 Å². The van der Waals surface area contributed by atoms with E-state index in [1.807, 2.05) is 54.6 Å². The van der Waals surface area contributed by atoms with Crippen LogP contribution < -0.4 is 5.73 Å². The van der Waals surface area contributed by atoms with Gasteiger partial charge in [0.05, 0.1) is 6.42 Å². The molecule has 0 aliphatic heterocycles. The molecular formula is C17H17NO3S. The number of carboxylic acids is 1. The van der Waals surface area contributed by atoms with E-state index in [2.05, 4.69) is 0 Å². The molecule has 2 aromatic rings. The van der Waals surface area contributed by atoms with E-state index in [0.717, 1.165) is 28.5 Å². The predicted molar refractivity (Wildman–Crippen MR) is 88.8 cm³/mol. The Bertz CT molecular complexity index is 642. The van der Waals surface area contributed by atoms with Crippen LogP contribution in [0, 0.1) is 0 Å². The average Bonchev–Trinajstić information content (AvgIpc) is 2.47. The lowest BCUT2D eigenvalue weighted by Gasteiger charge is -2.15. The monoisotopic (exact) mass is 315 g/mol. The quantitative estimate of drug-likeness (QED) is 0.854. The van der Waals surface area contributed by atoms with Crippen LogP contribution in [0.2, 0.25) is 0 Å². The van der Waals surface area contributed by atoms with Gasteiger partial charge < -0.3 is 10.8 Å². The molecule has 0 saturated heterocycles. The van der Waals surface area contributed by atoms with Gasteiger partial charge in [0.25, 0.3) is 5.24 Å². The molecule has 1 amide bonds. The van der Waals surface area contributed by atoms with Crippen molar-refractivity contribution >= 4 is 23.0 Å². The summed E-state index contributed by atoms with van der Waals surface area (Å²) in [4.78, 5) is 22.1. The van der Waals surface area contributed by atoms with Crippen molar-refractivity contribution in [3.8, 4) is 11.1 Å². The summed E-state index contributed by atoms with van der Waals surface area (Å²) in [7, 11) is 0. The third-order valence-corrected chi connectivity index (χ3v) is 4.13. The van der Waals surface area contributed by atoms with E-state index in [0.29, 0.717) is 6.42 Å². The van der Waals surface area contributed by atoms with Gasteiger partial charge in [-0.25, -0.2) is 0 Å². The second-order valence-corrected chi connectivity index (χ2v) is 6.19. The number of benzene rings is 2. The van der Waals surface area contributed by atoms with E-state index in [9.17, 15) is 9.59 Å². The molecule has 1 unspecified atom stereocenters. The van der Waals surface area contributed by atoms with Gasteiger partial charge in [0.1, 0.15) is 0 Å². The van der Waals surface area contributed by atoms with Crippen LogP contribution in [0.4, 0.5) is 4.79 Å². The van der Waals surface area contributed by atoms with Crippen LogP contribution in [-0.2, 0) is 11.2 Å². The Morgan fingerprint density at radius 3 is 2.32 bits per heavy atom. The van der Waals surface area contributed by atoms with E-state index in [-0.39, 0.29) is 11.7 Å². The van der Waals surface area contributed by atoms with Crippen LogP contribution >= 0.6 is 11.8 Å². The summed E-state index contributed by atoms with van der Waals surface area (Å²) in [6, 6.07) is 17.7. The van der Waals surface area contributed by atoms with Crippen LogP contribution in [0.1, 0.15) is 12.0 Å². The number of aliphatic carboxylic acids is 1. The van der Waals surface area contributed by atoms with Crippen LogP contribution in [0.25, 0.3) is 11.1 Å². The number of carboxylic acid groups (broad SMARTS) is 1. The molecule has 2 aromatic carbocycles. The lowest BCUT2D eigenvalue weighted by atomic mass is 9.96. The first-order valence-electron chi connectivity index (χ1n) is 6.87. The molecule has 1 atom stereocenters. The second kappa shape index (κ2) is 7.66. The largest absolute Gasteiger partial charge is 0.481 e. The molecule has 0 heterocycles. The van der Waals surface area contributed by atoms with Crippen molar-refractivity contribution < 1.29 is 14.7 Å². The van der Waals surface area contributed by atoms with Crippen LogP contribution in [0.3, 0.4) is 0 Å². The first-order chi connectivity index (χ1) is 10.6. The molecule has 0 bridgehead atoms. The highest BCUT2D eigenvalue weighted by atomic mass is 32.2. The number of carbonyl (C=O) groups excluding carboxylic acids is 1. The molecule has 0 aliphatic rings.